The molecular weight excluding hydrogens is 168 g/mol. The first kappa shape index (κ1) is 11.0. The summed E-state index contributed by atoms with van der Waals surface area (Å²) in [5.41, 5.74) is 0. The van der Waals surface area contributed by atoms with Crippen LogP contribution in [-0.4, -0.2) is 0 Å². The Morgan fingerprint density at radius 3 is 2.64 bits per heavy atom. The van der Waals surface area contributed by atoms with Crippen molar-refractivity contribution < 1.29 is 0 Å². The molecule has 1 rings (SSSR count). The van der Waals surface area contributed by atoms with Crippen LogP contribution < -0.4 is 0 Å². The molecule has 75 valence electrons. The second-order valence-electron chi connectivity index (χ2n) is 3.50. The maximum absolute atomic E-state index is 3.18. The fraction of sp³-hybridized carbons (Fsp3) is 0.429. The molecule has 14 heavy (non-hydrogen) atoms. The molecule has 0 unspecified atom stereocenters. The molecule has 0 atom stereocenters. The molecule has 0 fully saturated rings. The van der Waals surface area contributed by atoms with E-state index in [1.165, 1.54) is 32.1 Å². The van der Waals surface area contributed by atoms with Gasteiger partial charge in [-0.15, -0.1) is 0 Å². The van der Waals surface area contributed by atoms with Gasteiger partial charge in [-0.3, -0.25) is 0 Å². The smallest absolute Gasteiger partial charge is 0.0163 e. The van der Waals surface area contributed by atoms with Gasteiger partial charge in [-0.05, 0) is 38.2 Å². The molecule has 0 aromatic carbocycles. The Hall–Kier alpha value is -1.04. The first-order valence-electron chi connectivity index (χ1n) is 5.54. The molecule has 1 aliphatic carbocycles. The molecule has 0 saturated heterocycles. The highest BCUT2D eigenvalue weighted by Crippen LogP contribution is 2.04. The maximum Gasteiger partial charge on any atom is -0.0163 e. The van der Waals surface area contributed by atoms with Crippen LogP contribution in [0.15, 0.2) is 42.5 Å². The van der Waals surface area contributed by atoms with Gasteiger partial charge in [-0.25, -0.2) is 0 Å². The molecule has 0 amide bonds. The topological polar surface area (TPSA) is 0 Å². The molecule has 1 aliphatic rings. The summed E-state index contributed by atoms with van der Waals surface area (Å²) in [6.07, 6.45) is 25.5. The van der Waals surface area contributed by atoms with Crippen molar-refractivity contribution in [2.75, 3.05) is 0 Å². The van der Waals surface area contributed by atoms with Gasteiger partial charge < -0.3 is 0 Å². The number of hydrogen-bond donors (Lipinski definition) is 0. The van der Waals surface area contributed by atoms with E-state index in [0.717, 1.165) is 6.42 Å². The fourth-order valence-electron chi connectivity index (χ4n) is 1.38. The minimum Gasteiger partial charge on any atom is -0.0845 e. The highest BCUT2D eigenvalue weighted by Gasteiger charge is 1.85. The molecular formula is C14H19. The van der Waals surface area contributed by atoms with Gasteiger partial charge in [0.1, 0.15) is 0 Å². The van der Waals surface area contributed by atoms with E-state index in [1.54, 1.807) is 0 Å². The van der Waals surface area contributed by atoms with Gasteiger partial charge in [0, 0.05) is 0 Å². The monoisotopic (exact) mass is 187 g/mol. The Morgan fingerprint density at radius 2 is 1.64 bits per heavy atom. The minimum atomic E-state index is 1.01. The average molecular weight is 187 g/mol. The largest absolute Gasteiger partial charge is 0.0845 e. The van der Waals surface area contributed by atoms with E-state index in [4.69, 9.17) is 0 Å². The highest BCUT2D eigenvalue weighted by atomic mass is 13.9. The van der Waals surface area contributed by atoms with E-state index in [0.29, 0.717) is 0 Å². The quantitative estimate of drug-likeness (QED) is 0.528. The second-order valence-corrected chi connectivity index (χ2v) is 3.50. The lowest BCUT2D eigenvalue weighted by Crippen LogP contribution is -1.75. The Kier molecular flexibility index (Phi) is 6.74. The molecule has 0 nitrogen and oxygen atoms in total. The summed E-state index contributed by atoms with van der Waals surface area (Å²) in [6.45, 7) is 0. The third kappa shape index (κ3) is 6.47. The summed E-state index contributed by atoms with van der Waals surface area (Å²) < 4.78 is 0. The van der Waals surface area contributed by atoms with E-state index in [1.807, 2.05) is 6.08 Å². The Bertz CT molecular complexity index is 204. The van der Waals surface area contributed by atoms with Crippen LogP contribution in [0.3, 0.4) is 0 Å². The minimum absolute atomic E-state index is 1.01. The van der Waals surface area contributed by atoms with Crippen LogP contribution in [0.1, 0.15) is 38.5 Å². The zero-order valence-corrected chi connectivity index (χ0v) is 8.78. The molecule has 0 N–H and O–H groups in total. The normalized spacial score (nSPS) is 28.6. The van der Waals surface area contributed by atoms with Crippen molar-refractivity contribution in [3.05, 3.63) is 48.6 Å². The van der Waals surface area contributed by atoms with Crippen LogP contribution in [0.2, 0.25) is 0 Å². The van der Waals surface area contributed by atoms with Gasteiger partial charge in [-0.2, -0.15) is 0 Å². The zero-order valence-electron chi connectivity index (χ0n) is 8.78. The number of hydrogen-bond acceptors (Lipinski definition) is 0. The second kappa shape index (κ2) is 8.55. The molecule has 0 bridgehead atoms. The molecule has 0 aliphatic heterocycles. The summed E-state index contributed by atoms with van der Waals surface area (Å²) in [5.74, 6) is 0. The lowest BCUT2D eigenvalue weighted by molar-refractivity contribution is 0.695. The third-order valence-electron chi connectivity index (χ3n) is 2.21. The average Bonchev–Trinajstić information content (AvgIpc) is 2.22. The van der Waals surface area contributed by atoms with Crippen molar-refractivity contribution in [2.45, 2.75) is 38.5 Å². The van der Waals surface area contributed by atoms with Crippen LogP contribution in [0.5, 0.6) is 0 Å². The van der Waals surface area contributed by atoms with Crippen LogP contribution >= 0.6 is 0 Å². The summed E-state index contributed by atoms with van der Waals surface area (Å²) in [4.78, 5) is 0. The third-order valence-corrected chi connectivity index (χ3v) is 2.21. The number of allylic oxidation sites excluding steroid dienone is 8. The van der Waals surface area contributed by atoms with E-state index in [9.17, 15) is 0 Å². The van der Waals surface area contributed by atoms with E-state index in [2.05, 4.69) is 42.5 Å². The van der Waals surface area contributed by atoms with E-state index >= 15 is 0 Å². The Morgan fingerprint density at radius 1 is 0.786 bits per heavy atom. The molecule has 0 spiro atoms. The maximum atomic E-state index is 3.18. The predicted molar refractivity (Wildman–Crippen MR) is 62.9 cm³/mol. The van der Waals surface area contributed by atoms with Crippen molar-refractivity contribution in [2.24, 2.45) is 0 Å². The lowest BCUT2D eigenvalue weighted by atomic mass is 10.1. The predicted octanol–water partition coefficient (Wildman–Crippen LogP) is 4.37. The highest BCUT2D eigenvalue weighted by molar-refractivity contribution is 5.06. The summed E-state index contributed by atoms with van der Waals surface area (Å²) in [5, 5.41) is 0. The van der Waals surface area contributed by atoms with Gasteiger partial charge in [0.15, 0.2) is 0 Å². The van der Waals surface area contributed by atoms with Crippen molar-refractivity contribution in [3.63, 3.8) is 0 Å². The SMILES string of the molecule is [C]1=C/CCCCC/C=C/C=C\C\C=C/1. The first-order valence-corrected chi connectivity index (χ1v) is 5.54. The van der Waals surface area contributed by atoms with Gasteiger partial charge in [0.2, 0.25) is 0 Å². The van der Waals surface area contributed by atoms with Crippen molar-refractivity contribution in [3.8, 4) is 0 Å². The van der Waals surface area contributed by atoms with Crippen molar-refractivity contribution in [1.29, 1.82) is 0 Å². The summed E-state index contributed by atoms with van der Waals surface area (Å²) in [7, 11) is 0. The molecule has 0 heteroatoms. The zero-order chi connectivity index (χ0) is 9.90. The Balaban J connectivity index is 2.35. The number of rotatable bonds is 0. The van der Waals surface area contributed by atoms with Crippen LogP contribution in [0.25, 0.3) is 0 Å². The lowest BCUT2D eigenvalue weighted by Gasteiger charge is -1.94. The summed E-state index contributed by atoms with van der Waals surface area (Å²) in [6, 6.07) is 0. The standard InChI is InChI=1S/C14H19/c1-2-4-6-8-10-12-14-13-11-9-7-5-3-1/h1-4,7,9,13H,5-6,8,10,12,14H2/b3-1-,4-2+,9-7-,13-11?. The molecule has 0 saturated carbocycles. The van der Waals surface area contributed by atoms with E-state index in [-0.39, 0.29) is 0 Å². The van der Waals surface area contributed by atoms with Crippen molar-refractivity contribution in [1.82, 2.24) is 0 Å². The van der Waals surface area contributed by atoms with Crippen molar-refractivity contribution >= 4 is 0 Å². The molecule has 0 aromatic heterocycles. The Labute approximate surface area is 87.7 Å². The van der Waals surface area contributed by atoms with Crippen LogP contribution in [0, 0.1) is 6.08 Å². The van der Waals surface area contributed by atoms with E-state index < -0.39 is 0 Å². The van der Waals surface area contributed by atoms with Gasteiger partial charge in [0.05, 0.1) is 0 Å². The van der Waals surface area contributed by atoms with Crippen LogP contribution in [-0.2, 0) is 0 Å². The fourth-order valence-corrected chi connectivity index (χ4v) is 1.38. The molecule has 0 aromatic rings. The summed E-state index contributed by atoms with van der Waals surface area (Å²) >= 11 is 0. The first-order chi connectivity index (χ1) is 7.00. The van der Waals surface area contributed by atoms with Gasteiger partial charge >= 0.3 is 0 Å². The molecule has 0 heterocycles. The van der Waals surface area contributed by atoms with Gasteiger partial charge in [0.25, 0.3) is 0 Å². The van der Waals surface area contributed by atoms with Gasteiger partial charge in [-0.1, -0.05) is 49.0 Å². The van der Waals surface area contributed by atoms with Crippen LogP contribution in [0.4, 0.5) is 0 Å². The molecule has 1 radical (unpaired) electrons.